The predicted molar refractivity (Wildman–Crippen MR) is 115 cm³/mol. The van der Waals surface area contributed by atoms with Gasteiger partial charge in [-0.3, -0.25) is 9.59 Å². The van der Waals surface area contributed by atoms with Crippen LogP contribution in [0, 0.1) is 13.8 Å². The van der Waals surface area contributed by atoms with E-state index in [0.29, 0.717) is 31.4 Å². The smallest absolute Gasteiger partial charge is 0.295 e. The summed E-state index contributed by atoms with van der Waals surface area (Å²) in [5, 5.41) is 21.6. The van der Waals surface area contributed by atoms with Gasteiger partial charge in [-0.2, -0.15) is 0 Å². The van der Waals surface area contributed by atoms with Crippen LogP contribution in [0.5, 0.6) is 0 Å². The Labute approximate surface area is 181 Å². The molecule has 0 radical (unpaired) electrons. The van der Waals surface area contributed by atoms with Gasteiger partial charge < -0.3 is 19.9 Å². The highest BCUT2D eigenvalue weighted by Gasteiger charge is 2.45. The van der Waals surface area contributed by atoms with Crippen LogP contribution in [0.3, 0.4) is 0 Å². The number of amides is 1. The molecule has 1 heterocycles. The summed E-state index contributed by atoms with van der Waals surface area (Å²) in [4.78, 5) is 37.9. The monoisotopic (exact) mass is 420 g/mol. The molecule has 6 heteroatoms. The fourth-order valence-electron chi connectivity index (χ4n) is 3.80. The molecule has 0 saturated carbocycles. The summed E-state index contributed by atoms with van der Waals surface area (Å²) in [5.41, 5.74) is 3.36. The van der Waals surface area contributed by atoms with Crippen LogP contribution < -0.4 is 5.11 Å². The van der Waals surface area contributed by atoms with Gasteiger partial charge in [-0.25, -0.2) is 0 Å². The molecule has 6 nitrogen and oxygen atoms in total. The van der Waals surface area contributed by atoms with Crippen LogP contribution in [0.25, 0.3) is 5.76 Å². The van der Waals surface area contributed by atoms with Crippen molar-refractivity contribution in [3.05, 3.63) is 76.4 Å². The van der Waals surface area contributed by atoms with Crippen molar-refractivity contribution in [3.63, 3.8) is 0 Å². The first-order valence-electron chi connectivity index (χ1n) is 10.4. The van der Waals surface area contributed by atoms with E-state index in [9.17, 15) is 24.6 Å². The topological polar surface area (TPSA) is 97.7 Å². The summed E-state index contributed by atoms with van der Waals surface area (Å²) < 4.78 is 0. The lowest BCUT2D eigenvalue weighted by atomic mass is 9.94. The third-order valence-corrected chi connectivity index (χ3v) is 5.54. The first-order valence-corrected chi connectivity index (χ1v) is 10.4. The Morgan fingerprint density at radius 1 is 0.935 bits per heavy atom. The van der Waals surface area contributed by atoms with E-state index < -0.39 is 23.7 Å². The predicted octanol–water partition coefficient (Wildman–Crippen LogP) is 3.04. The van der Waals surface area contributed by atoms with E-state index in [0.717, 1.165) is 16.7 Å². The number of carbonyl (C=O) groups is 3. The van der Waals surface area contributed by atoms with Gasteiger partial charge in [-0.05, 0) is 38.7 Å². The molecule has 1 saturated heterocycles. The van der Waals surface area contributed by atoms with Gasteiger partial charge >= 0.3 is 0 Å². The van der Waals surface area contributed by atoms with Crippen molar-refractivity contribution in [2.75, 3.05) is 6.54 Å². The van der Waals surface area contributed by atoms with Crippen molar-refractivity contribution in [1.29, 1.82) is 0 Å². The summed E-state index contributed by atoms with van der Waals surface area (Å²) in [5.74, 6) is -2.65. The molecular weight excluding hydrogens is 394 g/mol. The van der Waals surface area contributed by atoms with Crippen LogP contribution in [0.2, 0.25) is 0 Å². The molecule has 2 aromatic rings. The minimum Gasteiger partial charge on any atom is -0.550 e. The molecule has 1 fully saturated rings. The molecule has 0 spiro atoms. The summed E-state index contributed by atoms with van der Waals surface area (Å²) >= 11 is 0. The lowest BCUT2D eigenvalue weighted by Gasteiger charge is -2.25. The van der Waals surface area contributed by atoms with E-state index in [-0.39, 0.29) is 17.8 Å². The Kier molecular flexibility index (Phi) is 6.90. The van der Waals surface area contributed by atoms with Gasteiger partial charge in [0.15, 0.2) is 0 Å². The third kappa shape index (κ3) is 5.02. The highest BCUT2D eigenvalue weighted by atomic mass is 16.4. The molecule has 31 heavy (non-hydrogen) atoms. The number of unbranched alkanes of at least 4 members (excludes halogenated alkanes) is 2. The Morgan fingerprint density at radius 3 is 2.10 bits per heavy atom. The van der Waals surface area contributed by atoms with Crippen molar-refractivity contribution in [3.8, 4) is 0 Å². The maximum atomic E-state index is 12.9. The molecule has 1 aliphatic rings. The first-order chi connectivity index (χ1) is 14.8. The quantitative estimate of drug-likeness (QED) is 0.306. The number of aryl methyl sites for hydroxylation is 2. The second kappa shape index (κ2) is 9.60. The Hall–Kier alpha value is -3.41. The number of benzene rings is 2. The molecule has 2 aromatic carbocycles. The van der Waals surface area contributed by atoms with Gasteiger partial charge in [-0.15, -0.1) is 0 Å². The zero-order valence-electron chi connectivity index (χ0n) is 17.8. The molecule has 1 atom stereocenters. The standard InChI is InChI=1S/C25H27NO5/c1-16-7-11-18(12-8-16)22-21(23(29)19-13-9-17(2)10-14-19)24(30)25(31)26(22)15-5-3-4-6-20(27)28/h7-14,22,29H,3-6,15H2,1-2H3,(H,27,28)/p-1/t22-/m0/s1. The fourth-order valence-corrected chi connectivity index (χ4v) is 3.80. The Morgan fingerprint density at radius 2 is 1.52 bits per heavy atom. The first kappa shape index (κ1) is 22.3. The van der Waals surface area contributed by atoms with Gasteiger partial charge in [0.25, 0.3) is 11.7 Å². The average molecular weight is 420 g/mol. The SMILES string of the molecule is Cc1ccc(C(O)=C2C(=O)C(=O)N(CCCCCC(=O)[O-])[C@H]2c2ccc(C)cc2)cc1. The molecule has 0 bridgehead atoms. The molecule has 1 N–H and O–H groups in total. The molecule has 1 aliphatic heterocycles. The number of aliphatic carboxylic acids is 1. The molecule has 0 unspecified atom stereocenters. The van der Waals surface area contributed by atoms with Crippen LogP contribution in [0.15, 0.2) is 54.1 Å². The maximum Gasteiger partial charge on any atom is 0.295 e. The van der Waals surface area contributed by atoms with Crippen LogP contribution in [-0.2, 0) is 14.4 Å². The number of likely N-dealkylation sites (tertiary alicyclic amines) is 1. The van der Waals surface area contributed by atoms with E-state index in [4.69, 9.17) is 0 Å². The molecule has 0 aromatic heterocycles. The zero-order valence-corrected chi connectivity index (χ0v) is 17.8. The minimum atomic E-state index is -1.10. The molecule has 3 rings (SSSR count). The number of carboxylic acid groups (broad SMARTS) is 1. The van der Waals surface area contributed by atoms with Crippen LogP contribution >= 0.6 is 0 Å². The number of ketones is 1. The highest BCUT2D eigenvalue weighted by molar-refractivity contribution is 6.46. The molecular formula is C25H26NO5-. The number of hydrogen-bond donors (Lipinski definition) is 1. The minimum absolute atomic E-state index is 0.0341. The molecule has 162 valence electrons. The van der Waals surface area contributed by atoms with Crippen molar-refractivity contribution in [2.24, 2.45) is 0 Å². The van der Waals surface area contributed by atoms with Gasteiger partial charge in [0.05, 0.1) is 11.6 Å². The highest BCUT2D eigenvalue weighted by Crippen LogP contribution is 2.39. The normalized spacial score (nSPS) is 17.9. The number of carboxylic acids is 1. The second-order valence-corrected chi connectivity index (χ2v) is 7.95. The van der Waals surface area contributed by atoms with Crippen molar-refractivity contribution < 1.29 is 24.6 Å². The van der Waals surface area contributed by atoms with Gasteiger partial charge in [0.2, 0.25) is 0 Å². The van der Waals surface area contributed by atoms with Crippen LogP contribution in [0.4, 0.5) is 0 Å². The van der Waals surface area contributed by atoms with Gasteiger partial charge in [-0.1, -0.05) is 66.1 Å². The number of nitrogens with zero attached hydrogens (tertiary/aromatic N) is 1. The van der Waals surface area contributed by atoms with E-state index in [1.807, 2.05) is 50.2 Å². The van der Waals surface area contributed by atoms with E-state index in [1.54, 1.807) is 12.1 Å². The number of Topliss-reactive ketones (excluding diaryl/α,β-unsaturated/α-hetero) is 1. The maximum absolute atomic E-state index is 12.9. The van der Waals surface area contributed by atoms with Gasteiger partial charge in [0.1, 0.15) is 5.76 Å². The summed E-state index contributed by atoms with van der Waals surface area (Å²) in [6.07, 6.45) is 1.56. The van der Waals surface area contributed by atoms with E-state index >= 15 is 0 Å². The van der Waals surface area contributed by atoms with Gasteiger partial charge in [0, 0.05) is 18.1 Å². The molecule has 0 aliphatic carbocycles. The van der Waals surface area contributed by atoms with E-state index in [1.165, 1.54) is 4.90 Å². The average Bonchev–Trinajstić information content (AvgIpc) is 2.99. The van der Waals surface area contributed by atoms with Crippen LogP contribution in [-0.4, -0.2) is 34.2 Å². The number of carbonyl (C=O) groups excluding carboxylic acids is 3. The Balaban J connectivity index is 1.96. The number of aliphatic hydroxyl groups excluding tert-OH is 1. The lowest BCUT2D eigenvalue weighted by molar-refractivity contribution is -0.305. The lowest BCUT2D eigenvalue weighted by Crippen LogP contribution is -2.30. The van der Waals surface area contributed by atoms with E-state index in [2.05, 4.69) is 0 Å². The Bertz CT molecular complexity index is 1010. The number of rotatable bonds is 8. The third-order valence-electron chi connectivity index (χ3n) is 5.54. The number of hydrogen-bond acceptors (Lipinski definition) is 5. The fraction of sp³-hybridized carbons (Fsp3) is 0.320. The largest absolute Gasteiger partial charge is 0.550 e. The van der Waals surface area contributed by atoms with Crippen molar-refractivity contribution >= 4 is 23.4 Å². The summed E-state index contributed by atoms with van der Waals surface area (Å²) in [7, 11) is 0. The molecule has 1 amide bonds. The number of aliphatic hydroxyl groups is 1. The zero-order chi connectivity index (χ0) is 22.5. The second-order valence-electron chi connectivity index (χ2n) is 7.95. The van der Waals surface area contributed by atoms with Crippen molar-refractivity contribution in [2.45, 2.75) is 45.6 Å². The summed E-state index contributed by atoms with van der Waals surface area (Å²) in [6.45, 7) is 4.17. The summed E-state index contributed by atoms with van der Waals surface area (Å²) in [6, 6.07) is 14.0. The van der Waals surface area contributed by atoms with Crippen molar-refractivity contribution in [1.82, 2.24) is 4.90 Å². The van der Waals surface area contributed by atoms with Crippen LogP contribution in [0.1, 0.15) is 54.0 Å².